The molecule has 1 amide bonds. The van der Waals surface area contributed by atoms with Crippen molar-refractivity contribution in [3.63, 3.8) is 0 Å². The molecule has 0 fully saturated rings. The minimum atomic E-state index is -0.264. The molecule has 0 radical (unpaired) electrons. The largest absolute Gasteiger partial charge is 0.350 e. The maximum atomic E-state index is 12.2. The van der Waals surface area contributed by atoms with E-state index in [9.17, 15) is 10.1 Å². The average Bonchev–Trinajstić information content (AvgIpc) is 3.31. The quantitative estimate of drug-likeness (QED) is 0.530. The summed E-state index contributed by atoms with van der Waals surface area (Å²) in [5, 5.41) is 22.3. The Morgan fingerprint density at radius 3 is 2.68 bits per heavy atom. The molecule has 0 aliphatic heterocycles. The number of anilines is 1. The van der Waals surface area contributed by atoms with Crippen LogP contribution in [-0.2, 0) is 7.05 Å². The molecular weight excluding hydrogens is 370 g/mol. The number of aryl methyl sites for hydroxylation is 1. The van der Waals surface area contributed by atoms with Gasteiger partial charge in [-0.05, 0) is 24.3 Å². The van der Waals surface area contributed by atoms with Gasteiger partial charge in [0.05, 0.1) is 5.57 Å². The summed E-state index contributed by atoms with van der Waals surface area (Å²) in [5.41, 5.74) is 2.94. The number of para-hydroxylation sites is 1. The maximum absolute atomic E-state index is 12.2. The van der Waals surface area contributed by atoms with Crippen LogP contribution in [0.2, 0.25) is 0 Å². The van der Waals surface area contributed by atoms with E-state index in [4.69, 9.17) is 0 Å². The Kier molecular flexibility index (Phi) is 4.70. The van der Waals surface area contributed by atoms with Gasteiger partial charge in [0, 0.05) is 35.3 Å². The Hall–Kier alpha value is -3.76. The number of nitriles is 1. The van der Waals surface area contributed by atoms with E-state index in [0.717, 1.165) is 16.5 Å². The number of aromatic nitrogens is 3. The van der Waals surface area contributed by atoms with Gasteiger partial charge in [0.15, 0.2) is 5.01 Å². The molecule has 0 atom stereocenters. The highest BCUT2D eigenvalue weighted by atomic mass is 32.1. The number of hydrogen-bond acceptors (Lipinski definition) is 5. The van der Waals surface area contributed by atoms with E-state index in [0.29, 0.717) is 21.3 Å². The van der Waals surface area contributed by atoms with E-state index >= 15 is 0 Å². The second-order valence-electron chi connectivity index (χ2n) is 6.11. The number of nitrogens with one attached hydrogen (secondary N) is 1. The van der Waals surface area contributed by atoms with Crippen LogP contribution < -0.4 is 5.32 Å². The lowest BCUT2D eigenvalue weighted by Gasteiger charge is -1.99. The smallest absolute Gasteiger partial charge is 0.257 e. The van der Waals surface area contributed by atoms with E-state index in [1.807, 2.05) is 48.1 Å². The third kappa shape index (κ3) is 3.41. The van der Waals surface area contributed by atoms with Crippen LogP contribution in [0.15, 0.2) is 60.8 Å². The molecule has 0 bridgehead atoms. The number of benzene rings is 2. The Morgan fingerprint density at radius 1 is 1.14 bits per heavy atom. The Balaban J connectivity index is 1.62. The van der Waals surface area contributed by atoms with E-state index in [-0.39, 0.29) is 5.91 Å². The normalized spacial score (nSPS) is 11.4. The molecule has 4 rings (SSSR count). The van der Waals surface area contributed by atoms with Gasteiger partial charge in [-0.1, -0.05) is 47.7 Å². The van der Waals surface area contributed by atoms with Gasteiger partial charge in [-0.25, -0.2) is 0 Å². The van der Waals surface area contributed by atoms with Gasteiger partial charge in [-0.15, -0.1) is 10.2 Å². The molecule has 0 spiro atoms. The van der Waals surface area contributed by atoms with Gasteiger partial charge < -0.3 is 4.57 Å². The van der Waals surface area contributed by atoms with Gasteiger partial charge in [-0.2, -0.15) is 5.26 Å². The second-order valence-corrected chi connectivity index (χ2v) is 7.09. The van der Waals surface area contributed by atoms with Gasteiger partial charge in [0.25, 0.3) is 5.91 Å². The van der Waals surface area contributed by atoms with Crippen molar-refractivity contribution in [3.05, 3.63) is 76.9 Å². The summed E-state index contributed by atoms with van der Waals surface area (Å²) in [7, 11) is 1.97. The lowest BCUT2D eigenvalue weighted by molar-refractivity contribution is 0.102. The molecule has 28 heavy (non-hydrogen) atoms. The van der Waals surface area contributed by atoms with Crippen LogP contribution in [-0.4, -0.2) is 20.7 Å². The predicted molar refractivity (Wildman–Crippen MR) is 111 cm³/mol. The van der Waals surface area contributed by atoms with Crippen LogP contribution in [0.25, 0.3) is 22.6 Å². The zero-order valence-electron chi connectivity index (χ0n) is 15.0. The molecule has 7 heteroatoms. The zero-order valence-corrected chi connectivity index (χ0v) is 15.8. The van der Waals surface area contributed by atoms with Crippen molar-refractivity contribution in [2.24, 2.45) is 7.05 Å². The average molecular weight is 385 g/mol. The highest BCUT2D eigenvalue weighted by Crippen LogP contribution is 2.28. The number of carbonyl (C=O) groups is 1. The fraction of sp³-hybridized carbons (Fsp3) is 0.0476. The summed E-state index contributed by atoms with van der Waals surface area (Å²) in [4.78, 5) is 12.2. The van der Waals surface area contributed by atoms with Crippen LogP contribution in [0.3, 0.4) is 0 Å². The minimum absolute atomic E-state index is 0.264. The van der Waals surface area contributed by atoms with E-state index in [2.05, 4.69) is 21.6 Å². The predicted octanol–water partition coefficient (Wildman–Crippen LogP) is 4.35. The van der Waals surface area contributed by atoms with Crippen LogP contribution in [0.5, 0.6) is 0 Å². The first-order valence-corrected chi connectivity index (χ1v) is 9.33. The molecule has 1 N–H and O–H groups in total. The summed E-state index contributed by atoms with van der Waals surface area (Å²) >= 11 is 1.17. The van der Waals surface area contributed by atoms with Crippen molar-refractivity contribution < 1.29 is 4.79 Å². The van der Waals surface area contributed by atoms with Gasteiger partial charge in [0.2, 0.25) is 5.13 Å². The van der Waals surface area contributed by atoms with E-state index in [1.54, 1.807) is 30.3 Å². The molecule has 4 aromatic rings. The third-order valence-electron chi connectivity index (χ3n) is 4.26. The molecule has 6 nitrogen and oxygen atoms in total. The number of carbonyl (C=O) groups excluding carboxylic acids is 1. The maximum Gasteiger partial charge on any atom is 0.257 e. The van der Waals surface area contributed by atoms with E-state index in [1.165, 1.54) is 11.3 Å². The fourth-order valence-corrected chi connectivity index (χ4v) is 3.63. The first-order valence-electron chi connectivity index (χ1n) is 8.52. The molecule has 0 saturated carbocycles. The number of allylic oxidation sites excluding steroid dienone is 1. The van der Waals surface area contributed by atoms with Gasteiger partial charge in [-0.3, -0.25) is 10.1 Å². The SMILES string of the molecule is Cn1cc(C=C(C#N)c2nnc(NC(=O)c3ccccc3)s2)c2ccccc21. The van der Waals surface area contributed by atoms with E-state index < -0.39 is 0 Å². The number of rotatable bonds is 4. The lowest BCUT2D eigenvalue weighted by atomic mass is 10.1. The van der Waals surface area contributed by atoms with Crippen molar-refractivity contribution in [1.82, 2.24) is 14.8 Å². The highest BCUT2D eigenvalue weighted by Gasteiger charge is 2.14. The fourth-order valence-electron chi connectivity index (χ4n) is 2.93. The Labute approximate surface area is 165 Å². The summed E-state index contributed by atoms with van der Waals surface area (Å²) in [6, 6.07) is 19.0. The topological polar surface area (TPSA) is 83.6 Å². The van der Waals surface area contributed by atoms with Crippen molar-refractivity contribution in [2.45, 2.75) is 0 Å². The number of hydrogen-bond donors (Lipinski definition) is 1. The third-order valence-corrected chi connectivity index (χ3v) is 5.13. The summed E-state index contributed by atoms with van der Waals surface area (Å²) in [6.07, 6.45) is 3.77. The van der Waals surface area contributed by atoms with Crippen molar-refractivity contribution >= 4 is 44.9 Å². The van der Waals surface area contributed by atoms with Crippen LogP contribution in [0.1, 0.15) is 20.9 Å². The molecule has 2 heterocycles. The number of amides is 1. The summed E-state index contributed by atoms with van der Waals surface area (Å²) in [5.74, 6) is -0.264. The highest BCUT2D eigenvalue weighted by molar-refractivity contribution is 7.16. The monoisotopic (exact) mass is 385 g/mol. The zero-order chi connectivity index (χ0) is 19.5. The number of nitrogens with zero attached hydrogens (tertiary/aromatic N) is 4. The van der Waals surface area contributed by atoms with Crippen molar-refractivity contribution in [3.8, 4) is 6.07 Å². The molecule has 2 aromatic heterocycles. The molecule has 0 aliphatic rings. The molecular formula is C21H15N5OS. The number of fused-ring (bicyclic) bond motifs is 1. The van der Waals surface area contributed by atoms with Gasteiger partial charge >= 0.3 is 0 Å². The first kappa shape index (κ1) is 17.6. The Bertz CT molecular complexity index is 1230. The standard InChI is InChI=1S/C21H15N5OS/c1-26-13-16(17-9-5-6-10-18(17)26)11-15(12-22)20-24-25-21(28-20)23-19(27)14-7-3-2-4-8-14/h2-11,13H,1H3,(H,23,25,27). The van der Waals surface area contributed by atoms with Crippen molar-refractivity contribution in [2.75, 3.05) is 5.32 Å². The van der Waals surface area contributed by atoms with Crippen LogP contribution >= 0.6 is 11.3 Å². The van der Waals surface area contributed by atoms with Crippen LogP contribution in [0, 0.1) is 11.3 Å². The van der Waals surface area contributed by atoms with Gasteiger partial charge in [0.1, 0.15) is 6.07 Å². The molecule has 0 unspecified atom stereocenters. The summed E-state index contributed by atoms with van der Waals surface area (Å²) < 4.78 is 2.02. The minimum Gasteiger partial charge on any atom is -0.350 e. The van der Waals surface area contributed by atoms with Crippen molar-refractivity contribution in [1.29, 1.82) is 5.26 Å². The Morgan fingerprint density at radius 2 is 1.89 bits per heavy atom. The molecule has 0 saturated heterocycles. The van der Waals surface area contributed by atoms with Crippen LogP contribution in [0.4, 0.5) is 5.13 Å². The second kappa shape index (κ2) is 7.47. The lowest BCUT2D eigenvalue weighted by Crippen LogP contribution is -2.11. The molecule has 2 aromatic carbocycles. The summed E-state index contributed by atoms with van der Waals surface area (Å²) in [6.45, 7) is 0. The molecule has 0 aliphatic carbocycles. The molecule has 136 valence electrons. The first-order chi connectivity index (χ1) is 13.7.